The van der Waals surface area contributed by atoms with Gasteiger partial charge in [-0.15, -0.1) is 0 Å². The van der Waals surface area contributed by atoms with Crippen LogP contribution in [0.1, 0.15) is 28.7 Å². The molecule has 5 heteroatoms. The van der Waals surface area contributed by atoms with Crippen molar-refractivity contribution in [2.24, 2.45) is 0 Å². The Morgan fingerprint density at radius 3 is 2.60 bits per heavy atom. The number of nitrogens with zero attached hydrogens (tertiary/aromatic N) is 3. The van der Waals surface area contributed by atoms with Crippen LogP contribution >= 0.6 is 0 Å². The number of hydrogen-bond acceptors (Lipinski definition) is 3. The average molecular weight is 273 g/mol. The summed E-state index contributed by atoms with van der Waals surface area (Å²) in [5.41, 5.74) is 2.41. The predicted molar refractivity (Wildman–Crippen MR) is 76.5 cm³/mol. The molecule has 106 valence electrons. The molecule has 0 spiro atoms. The topological polar surface area (TPSA) is 58.4 Å². The fourth-order valence-corrected chi connectivity index (χ4v) is 2.10. The van der Waals surface area contributed by atoms with E-state index in [1.807, 2.05) is 26.0 Å². The quantitative estimate of drug-likeness (QED) is 0.929. The smallest absolute Gasteiger partial charge is 0.272 e. The van der Waals surface area contributed by atoms with Crippen LogP contribution in [0.15, 0.2) is 30.3 Å². The molecule has 1 N–H and O–H groups in total. The summed E-state index contributed by atoms with van der Waals surface area (Å²) < 4.78 is 1.71. The van der Waals surface area contributed by atoms with Gasteiger partial charge in [0.05, 0.1) is 5.69 Å². The molecule has 0 fully saturated rings. The molecule has 1 heterocycles. The molecule has 5 nitrogen and oxygen atoms in total. The van der Waals surface area contributed by atoms with E-state index in [4.69, 9.17) is 0 Å². The van der Waals surface area contributed by atoms with Crippen molar-refractivity contribution >= 4 is 5.91 Å². The zero-order valence-corrected chi connectivity index (χ0v) is 12.0. The summed E-state index contributed by atoms with van der Waals surface area (Å²) in [6.45, 7) is 5.00. The van der Waals surface area contributed by atoms with Crippen molar-refractivity contribution in [2.75, 3.05) is 7.05 Å². The van der Waals surface area contributed by atoms with Gasteiger partial charge in [0.2, 0.25) is 0 Å². The second-order valence-corrected chi connectivity index (χ2v) is 4.81. The zero-order chi connectivity index (χ0) is 14.7. The molecule has 0 saturated carbocycles. The molecular formula is C15H19N3O2. The first-order valence-corrected chi connectivity index (χ1v) is 6.59. The van der Waals surface area contributed by atoms with Crippen LogP contribution in [0.25, 0.3) is 0 Å². The molecule has 0 atom stereocenters. The molecule has 0 aliphatic rings. The molecule has 0 aliphatic heterocycles. The first-order chi connectivity index (χ1) is 9.51. The molecule has 0 radical (unpaired) electrons. The van der Waals surface area contributed by atoms with E-state index in [1.165, 1.54) is 0 Å². The average Bonchev–Trinajstić information content (AvgIpc) is 2.81. The molecule has 20 heavy (non-hydrogen) atoms. The van der Waals surface area contributed by atoms with E-state index in [0.717, 1.165) is 11.3 Å². The van der Waals surface area contributed by atoms with E-state index in [9.17, 15) is 9.90 Å². The van der Waals surface area contributed by atoms with Crippen LogP contribution in [0, 0.1) is 6.92 Å². The van der Waals surface area contributed by atoms with Gasteiger partial charge in [0, 0.05) is 20.1 Å². The number of rotatable bonds is 4. The van der Waals surface area contributed by atoms with Crippen molar-refractivity contribution in [3.8, 4) is 5.75 Å². The highest BCUT2D eigenvalue weighted by Gasteiger charge is 2.17. The molecule has 0 aliphatic carbocycles. The minimum absolute atomic E-state index is 0.0551. The summed E-state index contributed by atoms with van der Waals surface area (Å²) in [4.78, 5) is 14.1. The van der Waals surface area contributed by atoms with Gasteiger partial charge in [0.25, 0.3) is 5.91 Å². The fraction of sp³-hybridized carbons (Fsp3) is 0.333. The summed E-state index contributed by atoms with van der Waals surface area (Å²) in [5.74, 6) is 0.169. The standard InChI is InChI=1S/C15H19N3O2/c1-4-18-14(9-11(2)16-18)15(20)17(3)10-12-5-7-13(19)8-6-12/h5-9,19H,4,10H2,1-3H3. The van der Waals surface area contributed by atoms with Gasteiger partial charge < -0.3 is 10.0 Å². The van der Waals surface area contributed by atoms with Crippen molar-refractivity contribution in [3.63, 3.8) is 0 Å². The van der Waals surface area contributed by atoms with Gasteiger partial charge in [0.1, 0.15) is 11.4 Å². The number of carbonyl (C=O) groups excluding carboxylic acids is 1. The van der Waals surface area contributed by atoms with Crippen LogP contribution < -0.4 is 0 Å². The van der Waals surface area contributed by atoms with Gasteiger partial charge >= 0.3 is 0 Å². The minimum atomic E-state index is -0.0551. The lowest BCUT2D eigenvalue weighted by Crippen LogP contribution is -2.28. The molecule has 2 rings (SSSR count). The van der Waals surface area contributed by atoms with Crippen molar-refractivity contribution in [3.05, 3.63) is 47.3 Å². The molecule has 1 aromatic heterocycles. The summed E-state index contributed by atoms with van der Waals surface area (Å²) in [5, 5.41) is 13.5. The van der Waals surface area contributed by atoms with Crippen molar-refractivity contribution in [2.45, 2.75) is 26.9 Å². The third kappa shape index (κ3) is 2.99. The fourth-order valence-electron chi connectivity index (χ4n) is 2.10. The Hall–Kier alpha value is -2.30. The molecule has 2 aromatic rings. The lowest BCUT2D eigenvalue weighted by atomic mass is 10.2. The maximum Gasteiger partial charge on any atom is 0.272 e. The molecular weight excluding hydrogens is 254 g/mol. The molecule has 1 aromatic carbocycles. The Morgan fingerprint density at radius 2 is 2.00 bits per heavy atom. The van der Waals surface area contributed by atoms with Crippen LogP contribution in [0.5, 0.6) is 5.75 Å². The minimum Gasteiger partial charge on any atom is -0.508 e. The van der Waals surface area contributed by atoms with Gasteiger partial charge in [-0.1, -0.05) is 12.1 Å². The second kappa shape index (κ2) is 5.77. The zero-order valence-electron chi connectivity index (χ0n) is 12.0. The lowest BCUT2D eigenvalue weighted by molar-refractivity contribution is 0.0773. The van der Waals surface area contributed by atoms with Gasteiger partial charge in [0.15, 0.2) is 0 Å². The highest BCUT2D eigenvalue weighted by Crippen LogP contribution is 2.13. The Balaban J connectivity index is 2.14. The highest BCUT2D eigenvalue weighted by atomic mass is 16.3. The first kappa shape index (κ1) is 14.1. The van der Waals surface area contributed by atoms with E-state index in [2.05, 4.69) is 5.10 Å². The van der Waals surface area contributed by atoms with Crippen LogP contribution in [0.3, 0.4) is 0 Å². The summed E-state index contributed by atoms with van der Waals surface area (Å²) in [6, 6.07) is 8.66. The maximum atomic E-state index is 12.4. The third-order valence-corrected chi connectivity index (χ3v) is 3.12. The molecule has 0 unspecified atom stereocenters. The SMILES string of the molecule is CCn1nc(C)cc1C(=O)N(C)Cc1ccc(O)cc1. The Morgan fingerprint density at radius 1 is 1.35 bits per heavy atom. The number of aromatic nitrogens is 2. The van der Waals surface area contributed by atoms with Gasteiger partial charge in [-0.2, -0.15) is 5.10 Å². The summed E-state index contributed by atoms with van der Waals surface area (Å²) in [6.07, 6.45) is 0. The van der Waals surface area contributed by atoms with Crippen LogP contribution in [0.4, 0.5) is 0 Å². The van der Waals surface area contributed by atoms with Gasteiger partial charge in [-0.25, -0.2) is 0 Å². The Bertz CT molecular complexity index is 602. The first-order valence-electron chi connectivity index (χ1n) is 6.59. The Labute approximate surface area is 118 Å². The van der Waals surface area contributed by atoms with Gasteiger partial charge in [-0.3, -0.25) is 9.48 Å². The number of phenols is 1. The lowest BCUT2D eigenvalue weighted by Gasteiger charge is -2.17. The molecule has 0 bridgehead atoms. The normalized spacial score (nSPS) is 10.6. The van der Waals surface area contributed by atoms with E-state index < -0.39 is 0 Å². The highest BCUT2D eigenvalue weighted by molar-refractivity contribution is 5.92. The number of aryl methyl sites for hydroxylation is 2. The van der Waals surface area contributed by atoms with Crippen LogP contribution in [0.2, 0.25) is 0 Å². The largest absolute Gasteiger partial charge is 0.508 e. The number of carbonyl (C=O) groups is 1. The third-order valence-electron chi connectivity index (χ3n) is 3.12. The molecule has 0 saturated heterocycles. The number of phenolic OH excluding ortho intramolecular Hbond substituents is 1. The number of aromatic hydroxyl groups is 1. The van der Waals surface area contributed by atoms with Crippen molar-refractivity contribution < 1.29 is 9.90 Å². The van der Waals surface area contributed by atoms with E-state index >= 15 is 0 Å². The van der Waals surface area contributed by atoms with E-state index in [0.29, 0.717) is 18.8 Å². The van der Waals surface area contributed by atoms with E-state index in [-0.39, 0.29) is 11.7 Å². The maximum absolute atomic E-state index is 12.4. The van der Waals surface area contributed by atoms with Crippen molar-refractivity contribution in [1.82, 2.24) is 14.7 Å². The molecule has 1 amide bonds. The van der Waals surface area contributed by atoms with Crippen molar-refractivity contribution in [1.29, 1.82) is 0 Å². The Kier molecular flexibility index (Phi) is 4.08. The van der Waals surface area contributed by atoms with Crippen LogP contribution in [-0.4, -0.2) is 32.7 Å². The number of hydrogen-bond donors (Lipinski definition) is 1. The summed E-state index contributed by atoms with van der Waals surface area (Å²) >= 11 is 0. The monoisotopic (exact) mass is 273 g/mol. The predicted octanol–water partition coefficient (Wildman–Crippen LogP) is 2.19. The number of amides is 1. The van der Waals surface area contributed by atoms with E-state index in [1.54, 1.807) is 34.8 Å². The summed E-state index contributed by atoms with van der Waals surface area (Å²) in [7, 11) is 1.76. The second-order valence-electron chi connectivity index (χ2n) is 4.81. The number of benzene rings is 1. The van der Waals surface area contributed by atoms with Crippen LogP contribution in [-0.2, 0) is 13.1 Å². The van der Waals surface area contributed by atoms with Gasteiger partial charge in [-0.05, 0) is 37.6 Å².